The van der Waals surface area contributed by atoms with Crippen molar-refractivity contribution in [1.29, 1.82) is 0 Å². The van der Waals surface area contributed by atoms with Crippen LogP contribution in [0.1, 0.15) is 30.1 Å². The van der Waals surface area contributed by atoms with Gasteiger partial charge in [0.1, 0.15) is 6.04 Å². The molecule has 2 amide bonds. The van der Waals surface area contributed by atoms with Gasteiger partial charge in [-0.2, -0.15) is 0 Å². The average molecular weight is 382 g/mol. The molecule has 0 spiro atoms. The lowest BCUT2D eigenvalue weighted by Crippen LogP contribution is -2.58. The van der Waals surface area contributed by atoms with E-state index in [-0.39, 0.29) is 42.4 Å². The predicted octanol–water partition coefficient (Wildman–Crippen LogP) is 1.55. The molecule has 6 nitrogen and oxygen atoms in total. The Morgan fingerprint density at radius 1 is 1.19 bits per heavy atom. The van der Waals surface area contributed by atoms with Crippen molar-refractivity contribution in [1.82, 2.24) is 15.1 Å². The first-order chi connectivity index (χ1) is 12.1. The van der Waals surface area contributed by atoms with Crippen molar-refractivity contribution in [3.63, 3.8) is 0 Å². The van der Waals surface area contributed by atoms with Gasteiger partial charge in [0.05, 0.1) is 12.7 Å². The summed E-state index contributed by atoms with van der Waals surface area (Å²) >= 11 is 0. The Morgan fingerprint density at radius 3 is 2.46 bits per heavy atom. The molecule has 0 bridgehead atoms. The number of rotatable bonds is 3. The van der Waals surface area contributed by atoms with E-state index in [9.17, 15) is 9.59 Å². The summed E-state index contributed by atoms with van der Waals surface area (Å²) in [6.45, 7) is 4.65. The van der Waals surface area contributed by atoms with Gasteiger partial charge in [-0.15, -0.1) is 12.4 Å². The number of likely N-dealkylation sites (N-methyl/N-ethyl adjacent to an activating group) is 1. The van der Waals surface area contributed by atoms with Crippen molar-refractivity contribution in [2.45, 2.75) is 38.0 Å². The van der Waals surface area contributed by atoms with E-state index in [1.807, 2.05) is 54.1 Å². The summed E-state index contributed by atoms with van der Waals surface area (Å²) < 4.78 is 5.58. The Bertz CT molecular complexity index is 605. The van der Waals surface area contributed by atoms with Crippen molar-refractivity contribution in [2.24, 2.45) is 0 Å². The summed E-state index contributed by atoms with van der Waals surface area (Å²) in [5.74, 6) is 0.157. The van der Waals surface area contributed by atoms with Crippen molar-refractivity contribution < 1.29 is 14.3 Å². The molecule has 26 heavy (non-hydrogen) atoms. The summed E-state index contributed by atoms with van der Waals surface area (Å²) in [4.78, 5) is 29.0. The second-order valence-corrected chi connectivity index (χ2v) is 6.85. The van der Waals surface area contributed by atoms with Crippen molar-refractivity contribution >= 4 is 24.2 Å². The number of benzene rings is 1. The molecule has 1 aromatic carbocycles. The standard InChI is InChI=1S/C19H27N3O3.ClH/c1-14-17(20-10-13-25-14)19(24)21(2)16-8-11-22(12-9-16)18(23)15-6-4-3-5-7-15;/h3-7,14,16-17,20H,8-13H2,1-2H3;1H/t14-,17+;/m1./s1. The number of nitrogens with zero attached hydrogens (tertiary/aromatic N) is 2. The molecule has 2 heterocycles. The zero-order valence-electron chi connectivity index (χ0n) is 15.4. The third-order valence-electron chi connectivity index (χ3n) is 5.25. The maximum Gasteiger partial charge on any atom is 0.253 e. The predicted molar refractivity (Wildman–Crippen MR) is 103 cm³/mol. The van der Waals surface area contributed by atoms with Crippen LogP contribution in [0.3, 0.4) is 0 Å². The summed E-state index contributed by atoms with van der Waals surface area (Å²) in [7, 11) is 1.87. The fraction of sp³-hybridized carbons (Fsp3) is 0.579. The minimum absolute atomic E-state index is 0. The Morgan fingerprint density at radius 2 is 1.85 bits per heavy atom. The molecule has 0 saturated carbocycles. The highest BCUT2D eigenvalue weighted by Crippen LogP contribution is 2.19. The third kappa shape index (κ3) is 4.55. The average Bonchev–Trinajstić information content (AvgIpc) is 2.67. The molecule has 1 N–H and O–H groups in total. The van der Waals surface area contributed by atoms with Crippen LogP contribution >= 0.6 is 12.4 Å². The molecular weight excluding hydrogens is 354 g/mol. The van der Waals surface area contributed by atoms with Crippen LogP contribution in [0.5, 0.6) is 0 Å². The molecule has 0 aliphatic carbocycles. The monoisotopic (exact) mass is 381 g/mol. The van der Waals surface area contributed by atoms with Gasteiger partial charge in [-0.3, -0.25) is 9.59 Å². The van der Waals surface area contributed by atoms with E-state index in [0.717, 1.165) is 18.4 Å². The van der Waals surface area contributed by atoms with Crippen LogP contribution in [-0.2, 0) is 9.53 Å². The zero-order chi connectivity index (χ0) is 17.8. The second kappa shape index (κ2) is 9.35. The number of piperidine rings is 1. The van der Waals surface area contributed by atoms with Gasteiger partial charge in [-0.05, 0) is 31.9 Å². The Labute approximate surface area is 161 Å². The zero-order valence-corrected chi connectivity index (χ0v) is 16.2. The fourth-order valence-electron chi connectivity index (χ4n) is 3.63. The van der Waals surface area contributed by atoms with Crippen LogP contribution in [0, 0.1) is 0 Å². The highest BCUT2D eigenvalue weighted by molar-refractivity contribution is 5.94. The summed E-state index contributed by atoms with van der Waals surface area (Å²) in [6, 6.07) is 9.26. The first kappa shape index (κ1) is 20.7. The lowest BCUT2D eigenvalue weighted by molar-refractivity contribution is -0.141. The van der Waals surface area contributed by atoms with Crippen LogP contribution in [0.15, 0.2) is 30.3 Å². The third-order valence-corrected chi connectivity index (χ3v) is 5.25. The first-order valence-electron chi connectivity index (χ1n) is 9.04. The Balaban J connectivity index is 0.00000243. The summed E-state index contributed by atoms with van der Waals surface area (Å²) in [5, 5.41) is 3.26. The van der Waals surface area contributed by atoms with E-state index < -0.39 is 0 Å². The molecule has 2 fully saturated rings. The number of nitrogens with one attached hydrogen (secondary N) is 1. The van der Waals surface area contributed by atoms with Crippen LogP contribution in [0.2, 0.25) is 0 Å². The molecule has 3 rings (SSSR count). The number of hydrogen-bond acceptors (Lipinski definition) is 4. The molecule has 0 radical (unpaired) electrons. The summed E-state index contributed by atoms with van der Waals surface area (Å²) in [6.07, 6.45) is 1.51. The molecule has 144 valence electrons. The van der Waals surface area contributed by atoms with E-state index in [1.165, 1.54) is 0 Å². The molecular formula is C19H28ClN3O3. The number of ether oxygens (including phenoxy) is 1. The number of likely N-dealkylation sites (tertiary alicyclic amines) is 1. The maximum atomic E-state index is 12.7. The minimum atomic E-state index is -0.275. The van der Waals surface area contributed by atoms with Crippen LogP contribution in [0.25, 0.3) is 0 Å². The number of halogens is 1. The Kier molecular flexibility index (Phi) is 7.43. The highest BCUT2D eigenvalue weighted by Gasteiger charge is 2.34. The number of amides is 2. The number of carbonyl (C=O) groups is 2. The molecule has 2 aliphatic rings. The molecule has 0 unspecified atom stereocenters. The quantitative estimate of drug-likeness (QED) is 0.862. The largest absolute Gasteiger partial charge is 0.375 e. The van der Waals surface area contributed by atoms with Gasteiger partial charge in [-0.25, -0.2) is 0 Å². The lowest BCUT2D eigenvalue weighted by atomic mass is 10.0. The maximum absolute atomic E-state index is 12.7. The number of morpholine rings is 1. The van der Waals surface area contributed by atoms with E-state index >= 15 is 0 Å². The molecule has 7 heteroatoms. The molecule has 2 saturated heterocycles. The van der Waals surface area contributed by atoms with Gasteiger partial charge in [0.25, 0.3) is 5.91 Å². The van der Waals surface area contributed by atoms with Crippen LogP contribution in [0.4, 0.5) is 0 Å². The molecule has 0 aromatic heterocycles. The fourth-order valence-corrected chi connectivity index (χ4v) is 3.63. The molecule has 1 aromatic rings. The number of hydrogen-bond donors (Lipinski definition) is 1. The van der Waals surface area contributed by atoms with Crippen molar-refractivity contribution in [3.8, 4) is 0 Å². The van der Waals surface area contributed by atoms with Gasteiger partial charge in [0, 0.05) is 38.3 Å². The van der Waals surface area contributed by atoms with Gasteiger partial charge >= 0.3 is 0 Å². The summed E-state index contributed by atoms with van der Waals surface area (Å²) in [5.41, 5.74) is 0.725. The Hall–Kier alpha value is -1.63. The van der Waals surface area contributed by atoms with Crippen molar-refractivity contribution in [3.05, 3.63) is 35.9 Å². The number of carbonyl (C=O) groups excluding carboxylic acids is 2. The van der Waals surface area contributed by atoms with Crippen molar-refractivity contribution in [2.75, 3.05) is 33.3 Å². The highest BCUT2D eigenvalue weighted by atomic mass is 35.5. The SMILES string of the molecule is C[C@H]1OCCN[C@@H]1C(=O)N(C)C1CCN(C(=O)c2ccccc2)CC1.Cl. The van der Waals surface area contributed by atoms with E-state index in [0.29, 0.717) is 26.2 Å². The smallest absolute Gasteiger partial charge is 0.253 e. The topological polar surface area (TPSA) is 61.9 Å². The van der Waals surface area contributed by atoms with E-state index in [4.69, 9.17) is 4.74 Å². The van der Waals surface area contributed by atoms with E-state index in [2.05, 4.69) is 5.32 Å². The van der Waals surface area contributed by atoms with Gasteiger partial charge in [0.15, 0.2) is 0 Å². The molecule has 2 atom stereocenters. The second-order valence-electron chi connectivity index (χ2n) is 6.85. The van der Waals surface area contributed by atoms with Gasteiger partial charge < -0.3 is 19.9 Å². The van der Waals surface area contributed by atoms with Crippen LogP contribution in [-0.4, -0.2) is 73.1 Å². The normalized spacial score (nSPS) is 23.8. The minimum Gasteiger partial charge on any atom is -0.375 e. The first-order valence-corrected chi connectivity index (χ1v) is 9.04. The van der Waals surface area contributed by atoms with E-state index in [1.54, 1.807) is 0 Å². The van der Waals surface area contributed by atoms with Crippen LogP contribution < -0.4 is 5.32 Å². The van der Waals surface area contributed by atoms with Gasteiger partial charge in [-0.1, -0.05) is 18.2 Å². The van der Waals surface area contributed by atoms with Gasteiger partial charge in [0.2, 0.25) is 5.91 Å². The molecule has 2 aliphatic heterocycles. The lowest BCUT2D eigenvalue weighted by Gasteiger charge is -2.39.